The summed E-state index contributed by atoms with van der Waals surface area (Å²) in [7, 11) is 3.39. The van der Waals surface area contributed by atoms with E-state index in [4.69, 9.17) is 4.74 Å². The van der Waals surface area contributed by atoms with E-state index in [2.05, 4.69) is 30.6 Å². The Balaban J connectivity index is 2.40. The molecule has 0 aromatic carbocycles. The lowest BCUT2D eigenvalue weighted by molar-refractivity contribution is -0.139. The molecule has 98 valence electrons. The Bertz CT molecular complexity index is 513. The standard InChI is InChI=1S/C11H14IN3O2S/c1-4-17-11(16)9-6-8-5-7(2)15(18-12)10(8)13-14(9)3/h5-6,13H,4H2,1-3H3. The van der Waals surface area contributed by atoms with Crippen LogP contribution >= 0.6 is 30.3 Å². The summed E-state index contributed by atoms with van der Waals surface area (Å²) < 4.78 is 7.10. The van der Waals surface area contributed by atoms with Crippen LogP contribution in [0.3, 0.4) is 0 Å². The van der Waals surface area contributed by atoms with E-state index in [1.54, 1.807) is 28.1 Å². The Morgan fingerprint density at radius 3 is 2.94 bits per heavy atom. The van der Waals surface area contributed by atoms with Gasteiger partial charge in [0.15, 0.2) is 0 Å². The number of nitrogens with one attached hydrogen (secondary N) is 1. The quantitative estimate of drug-likeness (QED) is 0.647. The first kappa shape index (κ1) is 13.6. The number of anilines is 1. The number of nitrogens with zero attached hydrogens (tertiary/aromatic N) is 2. The monoisotopic (exact) mass is 379 g/mol. The maximum absolute atomic E-state index is 11.8. The smallest absolute Gasteiger partial charge is 0.356 e. The molecule has 7 heteroatoms. The number of ether oxygens (including phenoxy) is 1. The molecule has 1 aliphatic heterocycles. The highest BCUT2D eigenvalue weighted by Gasteiger charge is 2.24. The maximum atomic E-state index is 11.8. The molecule has 0 aliphatic carbocycles. The molecular weight excluding hydrogens is 365 g/mol. The average molecular weight is 379 g/mol. The Hall–Kier alpha value is -0.830. The Morgan fingerprint density at radius 1 is 1.61 bits per heavy atom. The maximum Gasteiger partial charge on any atom is 0.356 e. The lowest BCUT2D eigenvalue weighted by atomic mass is 10.2. The first-order valence-corrected chi connectivity index (χ1v) is 8.80. The minimum Gasteiger partial charge on any atom is -0.461 e. The number of likely N-dealkylation sites (N-methyl/N-ethyl adjacent to an activating group) is 1. The topological polar surface area (TPSA) is 46.5 Å². The third kappa shape index (κ3) is 2.33. The summed E-state index contributed by atoms with van der Waals surface area (Å²) in [6, 6.07) is 2.04. The minimum absolute atomic E-state index is 0.314. The van der Waals surface area contributed by atoms with Crippen LogP contribution < -0.4 is 5.43 Å². The van der Waals surface area contributed by atoms with Gasteiger partial charge in [-0.3, -0.25) is 14.4 Å². The third-order valence-electron chi connectivity index (χ3n) is 2.64. The number of hydrazine groups is 1. The van der Waals surface area contributed by atoms with Crippen LogP contribution in [-0.2, 0) is 9.53 Å². The fraction of sp³-hybridized carbons (Fsp3) is 0.364. The zero-order chi connectivity index (χ0) is 13.3. The summed E-state index contributed by atoms with van der Waals surface area (Å²) in [5.74, 6) is 0.660. The van der Waals surface area contributed by atoms with Crippen molar-refractivity contribution in [2.75, 3.05) is 19.1 Å². The molecule has 1 N–H and O–H groups in total. The van der Waals surface area contributed by atoms with Crippen molar-refractivity contribution in [1.82, 2.24) is 8.98 Å². The molecule has 1 aromatic rings. The van der Waals surface area contributed by atoms with Crippen LogP contribution in [0.5, 0.6) is 0 Å². The molecule has 2 heterocycles. The van der Waals surface area contributed by atoms with E-state index in [1.807, 2.05) is 19.1 Å². The molecule has 18 heavy (non-hydrogen) atoms. The highest BCUT2D eigenvalue weighted by Crippen LogP contribution is 2.34. The zero-order valence-corrected chi connectivity index (χ0v) is 13.3. The lowest BCUT2D eigenvalue weighted by Crippen LogP contribution is -2.33. The Kier molecular flexibility index (Phi) is 4.10. The molecule has 0 saturated carbocycles. The predicted molar refractivity (Wildman–Crippen MR) is 82.2 cm³/mol. The molecule has 0 spiro atoms. The predicted octanol–water partition coefficient (Wildman–Crippen LogP) is 2.82. The molecule has 0 saturated heterocycles. The molecule has 0 unspecified atom stereocenters. The number of carbonyl (C=O) groups is 1. The summed E-state index contributed by atoms with van der Waals surface area (Å²) in [6.45, 7) is 4.21. The van der Waals surface area contributed by atoms with E-state index in [9.17, 15) is 4.79 Å². The van der Waals surface area contributed by atoms with Gasteiger partial charge in [0.2, 0.25) is 0 Å². The van der Waals surface area contributed by atoms with Crippen LogP contribution in [0.1, 0.15) is 18.2 Å². The fourth-order valence-electron chi connectivity index (χ4n) is 1.82. The van der Waals surface area contributed by atoms with Gasteiger partial charge in [0.05, 0.1) is 6.61 Å². The number of aryl methyl sites for hydroxylation is 1. The first-order chi connectivity index (χ1) is 8.58. The number of rotatable bonds is 3. The number of esters is 1. The van der Waals surface area contributed by atoms with Gasteiger partial charge in [-0.25, -0.2) is 4.79 Å². The molecule has 1 aromatic heterocycles. The number of aromatic nitrogens is 1. The third-order valence-corrected chi connectivity index (χ3v) is 4.43. The normalized spacial score (nSPS) is 13.8. The number of fused-ring (bicyclic) bond motifs is 1. The summed E-state index contributed by atoms with van der Waals surface area (Å²) in [5, 5.41) is 1.68. The summed E-state index contributed by atoms with van der Waals surface area (Å²) in [5.41, 5.74) is 5.83. The number of hydrogen-bond donors (Lipinski definition) is 1. The van der Waals surface area contributed by atoms with Gasteiger partial charge in [-0.2, -0.15) is 0 Å². The molecule has 0 bridgehead atoms. The van der Waals surface area contributed by atoms with Gasteiger partial charge in [-0.05, 0) is 26.0 Å². The van der Waals surface area contributed by atoms with Crippen LogP contribution in [0.4, 0.5) is 5.82 Å². The molecule has 0 atom stereocenters. The van der Waals surface area contributed by atoms with E-state index >= 15 is 0 Å². The summed E-state index contributed by atoms with van der Waals surface area (Å²) in [6.07, 6.45) is 1.85. The first-order valence-electron chi connectivity index (χ1n) is 5.49. The van der Waals surface area contributed by atoms with Crippen molar-refractivity contribution in [3.8, 4) is 0 Å². The Morgan fingerprint density at radius 2 is 2.33 bits per heavy atom. The Labute approximate surface area is 122 Å². The van der Waals surface area contributed by atoms with Gasteiger partial charge in [0, 0.05) is 48.6 Å². The van der Waals surface area contributed by atoms with Gasteiger partial charge in [-0.1, -0.05) is 0 Å². The van der Waals surface area contributed by atoms with E-state index in [-0.39, 0.29) is 5.97 Å². The van der Waals surface area contributed by atoms with E-state index in [0.717, 1.165) is 17.1 Å². The van der Waals surface area contributed by atoms with Crippen LogP contribution in [0.15, 0.2) is 11.8 Å². The second-order valence-corrected chi connectivity index (χ2v) is 5.56. The fourth-order valence-corrected chi connectivity index (χ4v) is 3.72. The van der Waals surface area contributed by atoms with Crippen LogP contribution in [0, 0.1) is 6.92 Å². The molecular formula is C11H14IN3O2S. The summed E-state index contributed by atoms with van der Waals surface area (Å²) >= 11 is 2.23. The molecule has 1 aliphatic rings. The van der Waals surface area contributed by atoms with E-state index < -0.39 is 0 Å². The largest absolute Gasteiger partial charge is 0.461 e. The lowest BCUT2D eigenvalue weighted by Gasteiger charge is -2.27. The highest BCUT2D eigenvalue weighted by atomic mass is 127. The van der Waals surface area contributed by atoms with E-state index in [1.165, 1.54) is 0 Å². The van der Waals surface area contributed by atoms with Crippen LogP contribution in [-0.4, -0.2) is 28.6 Å². The van der Waals surface area contributed by atoms with Gasteiger partial charge in [0.1, 0.15) is 11.5 Å². The minimum atomic E-state index is -0.314. The van der Waals surface area contributed by atoms with Crippen LogP contribution in [0.25, 0.3) is 6.08 Å². The SMILES string of the molecule is CCOC(=O)C1=Cc2cc(C)n(SI)c2NN1C. The molecule has 0 fully saturated rings. The number of halogens is 1. The highest BCUT2D eigenvalue weighted by molar-refractivity contribution is 14.2. The van der Waals surface area contributed by atoms with Crippen molar-refractivity contribution >= 4 is 48.2 Å². The summed E-state index contributed by atoms with van der Waals surface area (Å²) in [4.78, 5) is 11.8. The molecule has 5 nitrogen and oxygen atoms in total. The van der Waals surface area contributed by atoms with Crippen molar-refractivity contribution in [2.24, 2.45) is 0 Å². The zero-order valence-electron chi connectivity index (χ0n) is 10.4. The average Bonchev–Trinajstić information content (AvgIpc) is 2.63. The van der Waals surface area contributed by atoms with Crippen molar-refractivity contribution in [1.29, 1.82) is 0 Å². The second-order valence-electron chi connectivity index (χ2n) is 3.87. The van der Waals surface area contributed by atoms with Crippen molar-refractivity contribution in [3.05, 3.63) is 23.0 Å². The molecule has 0 radical (unpaired) electrons. The van der Waals surface area contributed by atoms with Crippen molar-refractivity contribution in [2.45, 2.75) is 13.8 Å². The van der Waals surface area contributed by atoms with Gasteiger partial charge >= 0.3 is 5.97 Å². The van der Waals surface area contributed by atoms with Gasteiger partial charge in [-0.15, -0.1) is 0 Å². The van der Waals surface area contributed by atoms with Crippen molar-refractivity contribution in [3.63, 3.8) is 0 Å². The van der Waals surface area contributed by atoms with Gasteiger partial charge in [0.25, 0.3) is 0 Å². The van der Waals surface area contributed by atoms with Crippen molar-refractivity contribution < 1.29 is 9.53 Å². The van der Waals surface area contributed by atoms with Gasteiger partial charge < -0.3 is 4.74 Å². The van der Waals surface area contributed by atoms with E-state index in [0.29, 0.717) is 12.3 Å². The second kappa shape index (κ2) is 5.43. The molecule has 0 amide bonds. The van der Waals surface area contributed by atoms with Crippen LogP contribution in [0.2, 0.25) is 0 Å². The molecule has 2 rings (SSSR count). The number of hydrogen-bond acceptors (Lipinski definition) is 5. The number of carbonyl (C=O) groups excluding carboxylic acids is 1.